The van der Waals surface area contributed by atoms with E-state index in [2.05, 4.69) is 50.2 Å². The van der Waals surface area contributed by atoms with E-state index in [1.165, 1.54) is 21.6 Å². The van der Waals surface area contributed by atoms with Crippen molar-refractivity contribution in [2.75, 3.05) is 11.5 Å². The van der Waals surface area contributed by atoms with Gasteiger partial charge in [0, 0.05) is 21.2 Å². The first-order valence-corrected chi connectivity index (χ1v) is 8.88. The third-order valence-corrected chi connectivity index (χ3v) is 5.02. The van der Waals surface area contributed by atoms with E-state index >= 15 is 0 Å². The van der Waals surface area contributed by atoms with Crippen molar-refractivity contribution >= 4 is 23.1 Å². The fourth-order valence-corrected chi connectivity index (χ4v) is 3.86. The number of hydrogen-bond acceptors (Lipinski definition) is 3. The molecular weight excluding hydrogens is 312 g/mol. The fourth-order valence-electron chi connectivity index (χ4n) is 2.78. The van der Waals surface area contributed by atoms with Gasteiger partial charge in [0.15, 0.2) is 0 Å². The Bertz CT molecular complexity index is 839. The van der Waals surface area contributed by atoms with Crippen molar-refractivity contribution in [1.82, 2.24) is 0 Å². The molecule has 3 rings (SSSR count). The highest BCUT2D eigenvalue weighted by molar-refractivity contribution is 7.99. The van der Waals surface area contributed by atoms with Crippen LogP contribution in [-0.2, 0) is 0 Å². The molecule has 122 valence electrons. The Kier molecular flexibility index (Phi) is 4.81. The summed E-state index contributed by atoms with van der Waals surface area (Å²) >= 11 is 1.75. The monoisotopic (exact) mass is 334 g/mol. The molecule has 0 aliphatic heterocycles. The SMILES string of the molecule is CC(C)c1cccc(Sc2cccc(N)c2)c1-c1ccc(N)cc1. The Labute approximate surface area is 147 Å². The molecule has 0 aliphatic rings. The lowest BCUT2D eigenvalue weighted by Crippen LogP contribution is -1.95. The van der Waals surface area contributed by atoms with Crippen LogP contribution in [0.15, 0.2) is 76.5 Å². The van der Waals surface area contributed by atoms with Crippen molar-refractivity contribution in [3.8, 4) is 11.1 Å². The van der Waals surface area contributed by atoms with Gasteiger partial charge in [0.25, 0.3) is 0 Å². The first kappa shape index (κ1) is 16.5. The molecule has 0 atom stereocenters. The predicted molar refractivity (Wildman–Crippen MR) is 105 cm³/mol. The minimum atomic E-state index is 0.443. The van der Waals surface area contributed by atoms with E-state index in [1.54, 1.807) is 11.8 Å². The molecule has 3 aromatic carbocycles. The number of nitrogen functional groups attached to an aromatic ring is 2. The summed E-state index contributed by atoms with van der Waals surface area (Å²) in [5, 5.41) is 0. The smallest absolute Gasteiger partial charge is 0.0325 e. The molecule has 0 radical (unpaired) electrons. The van der Waals surface area contributed by atoms with Crippen LogP contribution in [0.1, 0.15) is 25.3 Å². The molecule has 0 spiro atoms. The topological polar surface area (TPSA) is 52.0 Å². The van der Waals surface area contributed by atoms with Crippen molar-refractivity contribution in [3.05, 3.63) is 72.3 Å². The molecular formula is C21H22N2S. The maximum atomic E-state index is 5.93. The lowest BCUT2D eigenvalue weighted by molar-refractivity contribution is 0.865. The number of benzene rings is 3. The van der Waals surface area contributed by atoms with Crippen LogP contribution in [0.4, 0.5) is 11.4 Å². The summed E-state index contributed by atoms with van der Waals surface area (Å²) in [4.78, 5) is 2.38. The summed E-state index contributed by atoms with van der Waals surface area (Å²) in [5.41, 5.74) is 17.2. The van der Waals surface area contributed by atoms with Crippen molar-refractivity contribution in [1.29, 1.82) is 0 Å². The van der Waals surface area contributed by atoms with E-state index in [0.29, 0.717) is 5.92 Å². The lowest BCUT2D eigenvalue weighted by atomic mass is 9.92. The molecule has 0 fully saturated rings. The Morgan fingerprint density at radius 2 is 1.50 bits per heavy atom. The Morgan fingerprint density at radius 1 is 0.792 bits per heavy atom. The van der Waals surface area contributed by atoms with E-state index in [4.69, 9.17) is 11.5 Å². The highest BCUT2D eigenvalue weighted by atomic mass is 32.2. The van der Waals surface area contributed by atoms with Gasteiger partial charge in [-0.05, 0) is 59.0 Å². The molecule has 3 heteroatoms. The van der Waals surface area contributed by atoms with Gasteiger partial charge in [0.05, 0.1) is 0 Å². The van der Waals surface area contributed by atoms with E-state index in [0.717, 1.165) is 16.3 Å². The Balaban J connectivity index is 2.11. The molecule has 0 amide bonds. The standard InChI is InChI=1S/C21H22N2S/c1-14(2)19-7-4-8-20(24-18-6-3-5-17(23)13-18)21(19)15-9-11-16(22)12-10-15/h3-14H,22-23H2,1-2H3. The zero-order valence-electron chi connectivity index (χ0n) is 14.0. The van der Waals surface area contributed by atoms with Crippen LogP contribution in [-0.4, -0.2) is 0 Å². The minimum absolute atomic E-state index is 0.443. The number of hydrogen-bond donors (Lipinski definition) is 2. The quantitative estimate of drug-likeness (QED) is 0.593. The second kappa shape index (κ2) is 7.02. The van der Waals surface area contributed by atoms with Crippen LogP contribution in [0.5, 0.6) is 0 Å². The lowest BCUT2D eigenvalue weighted by Gasteiger charge is -2.18. The number of nitrogens with two attached hydrogens (primary N) is 2. The number of anilines is 2. The summed E-state index contributed by atoms with van der Waals surface area (Å²) in [5.74, 6) is 0.443. The molecule has 3 aromatic rings. The van der Waals surface area contributed by atoms with Gasteiger partial charge in [0.1, 0.15) is 0 Å². The third kappa shape index (κ3) is 3.57. The molecule has 0 unspecified atom stereocenters. The molecule has 4 N–H and O–H groups in total. The molecule has 2 nitrogen and oxygen atoms in total. The van der Waals surface area contributed by atoms with Gasteiger partial charge in [-0.15, -0.1) is 0 Å². The van der Waals surface area contributed by atoms with Crippen LogP contribution < -0.4 is 11.5 Å². The van der Waals surface area contributed by atoms with Crippen LogP contribution in [0.25, 0.3) is 11.1 Å². The first-order valence-electron chi connectivity index (χ1n) is 8.07. The first-order chi connectivity index (χ1) is 11.5. The minimum Gasteiger partial charge on any atom is -0.399 e. The summed E-state index contributed by atoms with van der Waals surface area (Å²) in [7, 11) is 0. The van der Waals surface area contributed by atoms with Gasteiger partial charge in [-0.1, -0.05) is 55.9 Å². The second-order valence-corrected chi connectivity index (χ2v) is 7.29. The van der Waals surface area contributed by atoms with Gasteiger partial charge in [-0.25, -0.2) is 0 Å². The number of rotatable bonds is 4. The van der Waals surface area contributed by atoms with Crippen LogP contribution in [0, 0.1) is 0 Å². The largest absolute Gasteiger partial charge is 0.399 e. The van der Waals surface area contributed by atoms with Crippen molar-refractivity contribution in [2.45, 2.75) is 29.6 Å². The molecule has 24 heavy (non-hydrogen) atoms. The van der Waals surface area contributed by atoms with Gasteiger partial charge >= 0.3 is 0 Å². The summed E-state index contributed by atoms with van der Waals surface area (Å²) in [6.07, 6.45) is 0. The zero-order chi connectivity index (χ0) is 17.1. The molecule has 0 saturated carbocycles. The molecule has 0 heterocycles. The average molecular weight is 334 g/mol. The van der Waals surface area contributed by atoms with Crippen LogP contribution >= 0.6 is 11.8 Å². The Morgan fingerprint density at radius 3 is 2.17 bits per heavy atom. The maximum Gasteiger partial charge on any atom is 0.0325 e. The molecule has 0 bridgehead atoms. The summed E-state index contributed by atoms with van der Waals surface area (Å²) < 4.78 is 0. The van der Waals surface area contributed by atoms with E-state index in [-0.39, 0.29) is 0 Å². The van der Waals surface area contributed by atoms with E-state index in [9.17, 15) is 0 Å². The van der Waals surface area contributed by atoms with Gasteiger partial charge in [-0.2, -0.15) is 0 Å². The maximum absolute atomic E-state index is 5.93. The average Bonchev–Trinajstić information content (AvgIpc) is 2.55. The van der Waals surface area contributed by atoms with E-state index in [1.807, 2.05) is 30.3 Å². The molecule has 0 saturated heterocycles. The second-order valence-electron chi connectivity index (χ2n) is 6.17. The predicted octanol–water partition coefficient (Wildman–Crippen LogP) is 5.79. The van der Waals surface area contributed by atoms with Crippen molar-refractivity contribution < 1.29 is 0 Å². The van der Waals surface area contributed by atoms with Gasteiger partial charge < -0.3 is 11.5 Å². The van der Waals surface area contributed by atoms with E-state index < -0.39 is 0 Å². The van der Waals surface area contributed by atoms with Crippen molar-refractivity contribution in [3.63, 3.8) is 0 Å². The fraction of sp³-hybridized carbons (Fsp3) is 0.143. The third-order valence-electron chi connectivity index (χ3n) is 3.97. The molecule has 0 aromatic heterocycles. The van der Waals surface area contributed by atoms with Gasteiger partial charge in [0.2, 0.25) is 0 Å². The Hall–Kier alpha value is -2.39. The van der Waals surface area contributed by atoms with Crippen molar-refractivity contribution in [2.24, 2.45) is 0 Å². The zero-order valence-corrected chi connectivity index (χ0v) is 14.8. The van der Waals surface area contributed by atoms with Gasteiger partial charge in [-0.3, -0.25) is 0 Å². The molecule has 0 aliphatic carbocycles. The van der Waals surface area contributed by atoms with Crippen LogP contribution in [0.2, 0.25) is 0 Å². The highest BCUT2D eigenvalue weighted by Crippen LogP contribution is 2.40. The summed E-state index contributed by atoms with van der Waals surface area (Å²) in [6, 6.07) is 22.6. The van der Waals surface area contributed by atoms with Crippen LogP contribution in [0.3, 0.4) is 0 Å². The normalized spacial score (nSPS) is 11.0. The highest BCUT2D eigenvalue weighted by Gasteiger charge is 2.14. The summed E-state index contributed by atoms with van der Waals surface area (Å²) in [6.45, 7) is 4.45.